The smallest absolute Gasteiger partial charge is 0.337 e. The Balaban J connectivity index is 2.22. The van der Waals surface area contributed by atoms with Gasteiger partial charge in [-0.05, 0) is 42.8 Å². The number of esters is 1. The third-order valence-corrected chi connectivity index (χ3v) is 5.05. The van der Waals surface area contributed by atoms with Crippen molar-refractivity contribution in [3.63, 3.8) is 0 Å². The van der Waals surface area contributed by atoms with Crippen molar-refractivity contribution >= 4 is 16.0 Å². The Labute approximate surface area is 141 Å². The first kappa shape index (κ1) is 18.0. The minimum Gasteiger partial charge on any atom is -0.497 e. The molecule has 0 fully saturated rings. The van der Waals surface area contributed by atoms with Gasteiger partial charge in [0.2, 0.25) is 10.0 Å². The van der Waals surface area contributed by atoms with Gasteiger partial charge in [-0.15, -0.1) is 0 Å². The van der Waals surface area contributed by atoms with E-state index in [1.807, 2.05) is 0 Å². The number of methoxy groups -OCH3 is 2. The third kappa shape index (κ3) is 4.12. The highest BCUT2D eigenvalue weighted by Gasteiger charge is 2.20. The van der Waals surface area contributed by atoms with Gasteiger partial charge >= 0.3 is 5.97 Å². The maximum absolute atomic E-state index is 12.5. The van der Waals surface area contributed by atoms with Gasteiger partial charge in [0.25, 0.3) is 0 Å². The average Bonchev–Trinajstić information content (AvgIpc) is 2.60. The Bertz CT molecular complexity index is 815. The summed E-state index contributed by atoms with van der Waals surface area (Å²) in [6.07, 6.45) is 0. The van der Waals surface area contributed by atoms with Crippen LogP contribution in [0, 0.1) is 0 Å². The number of sulfonamides is 1. The zero-order valence-corrected chi connectivity index (χ0v) is 14.5. The molecule has 0 aliphatic carbocycles. The molecule has 2 aromatic rings. The zero-order valence-electron chi connectivity index (χ0n) is 13.6. The zero-order chi connectivity index (χ0) is 17.7. The lowest BCUT2D eigenvalue weighted by atomic mass is 10.1. The van der Waals surface area contributed by atoms with Gasteiger partial charge in [-0.25, -0.2) is 17.9 Å². The highest BCUT2D eigenvalue weighted by Crippen LogP contribution is 2.20. The molecule has 1 N–H and O–H groups in total. The normalized spacial score (nSPS) is 12.5. The van der Waals surface area contributed by atoms with Gasteiger partial charge in [-0.1, -0.05) is 18.2 Å². The first-order valence-corrected chi connectivity index (χ1v) is 8.70. The highest BCUT2D eigenvalue weighted by atomic mass is 32.2. The number of ether oxygens (including phenoxy) is 2. The summed E-state index contributed by atoms with van der Waals surface area (Å²) in [4.78, 5) is 11.6. The van der Waals surface area contributed by atoms with E-state index in [0.717, 1.165) is 5.56 Å². The van der Waals surface area contributed by atoms with Crippen LogP contribution in [0.2, 0.25) is 0 Å². The molecule has 2 rings (SSSR count). The van der Waals surface area contributed by atoms with Crippen molar-refractivity contribution in [3.05, 3.63) is 59.7 Å². The van der Waals surface area contributed by atoms with Gasteiger partial charge in [0.1, 0.15) is 5.75 Å². The fourth-order valence-corrected chi connectivity index (χ4v) is 3.45. The molecule has 0 saturated heterocycles. The number of hydrogen-bond donors (Lipinski definition) is 1. The second kappa shape index (κ2) is 7.46. The van der Waals surface area contributed by atoms with Gasteiger partial charge in [0.05, 0.1) is 24.7 Å². The molecule has 128 valence electrons. The summed E-state index contributed by atoms with van der Waals surface area (Å²) in [5.41, 5.74) is 0.973. The van der Waals surface area contributed by atoms with Crippen molar-refractivity contribution in [1.82, 2.24) is 4.72 Å². The summed E-state index contributed by atoms with van der Waals surface area (Å²) in [6, 6.07) is 12.4. The SMILES string of the molecule is COC(=O)c1cccc(S(=O)(=O)N[C@H](C)c2ccc(OC)cc2)c1. The van der Waals surface area contributed by atoms with E-state index < -0.39 is 22.0 Å². The molecule has 0 aliphatic rings. The van der Waals surface area contributed by atoms with Crippen molar-refractivity contribution in [2.24, 2.45) is 0 Å². The molecule has 0 aliphatic heterocycles. The van der Waals surface area contributed by atoms with Crippen molar-refractivity contribution < 1.29 is 22.7 Å². The van der Waals surface area contributed by atoms with Crippen LogP contribution in [0.4, 0.5) is 0 Å². The van der Waals surface area contributed by atoms with Crippen LogP contribution in [0.15, 0.2) is 53.4 Å². The van der Waals surface area contributed by atoms with Gasteiger partial charge < -0.3 is 9.47 Å². The number of hydrogen-bond acceptors (Lipinski definition) is 5. The Hall–Kier alpha value is -2.38. The molecule has 1 atom stereocenters. The predicted molar refractivity (Wildman–Crippen MR) is 89.5 cm³/mol. The number of nitrogens with one attached hydrogen (secondary N) is 1. The Kier molecular flexibility index (Phi) is 5.58. The first-order chi connectivity index (χ1) is 11.4. The summed E-state index contributed by atoms with van der Waals surface area (Å²) in [6.45, 7) is 1.74. The number of carbonyl (C=O) groups is 1. The van der Waals surface area contributed by atoms with Crippen LogP contribution in [-0.2, 0) is 14.8 Å². The maximum Gasteiger partial charge on any atom is 0.337 e. The maximum atomic E-state index is 12.5. The van der Waals surface area contributed by atoms with E-state index in [1.165, 1.54) is 31.4 Å². The van der Waals surface area contributed by atoms with Crippen LogP contribution in [-0.4, -0.2) is 28.6 Å². The molecule has 0 heterocycles. The van der Waals surface area contributed by atoms with E-state index in [4.69, 9.17) is 4.74 Å². The van der Waals surface area contributed by atoms with Crippen LogP contribution in [0.25, 0.3) is 0 Å². The van der Waals surface area contributed by atoms with E-state index in [0.29, 0.717) is 5.75 Å². The van der Waals surface area contributed by atoms with Gasteiger partial charge in [-0.3, -0.25) is 0 Å². The van der Waals surface area contributed by atoms with Crippen LogP contribution in [0.3, 0.4) is 0 Å². The molecule has 0 radical (unpaired) electrons. The van der Waals surface area contributed by atoms with E-state index in [1.54, 1.807) is 38.3 Å². The molecule has 0 spiro atoms. The molecule has 24 heavy (non-hydrogen) atoms. The molecule has 0 unspecified atom stereocenters. The van der Waals surface area contributed by atoms with Crippen LogP contribution >= 0.6 is 0 Å². The van der Waals surface area contributed by atoms with Crippen LogP contribution < -0.4 is 9.46 Å². The number of carbonyl (C=O) groups excluding carboxylic acids is 1. The van der Waals surface area contributed by atoms with Crippen LogP contribution in [0.5, 0.6) is 5.75 Å². The average molecular weight is 349 g/mol. The van der Waals surface area contributed by atoms with E-state index in [-0.39, 0.29) is 10.5 Å². The largest absolute Gasteiger partial charge is 0.497 e. The summed E-state index contributed by atoms with van der Waals surface area (Å²) >= 11 is 0. The van der Waals surface area contributed by atoms with Gasteiger partial charge in [-0.2, -0.15) is 0 Å². The lowest BCUT2D eigenvalue weighted by molar-refractivity contribution is 0.0600. The third-order valence-electron chi connectivity index (χ3n) is 3.51. The van der Waals surface area contributed by atoms with Crippen molar-refractivity contribution in [2.75, 3.05) is 14.2 Å². The second-order valence-electron chi connectivity index (χ2n) is 5.14. The summed E-state index contributed by atoms with van der Waals surface area (Å²) in [7, 11) is -0.968. The highest BCUT2D eigenvalue weighted by molar-refractivity contribution is 7.89. The summed E-state index contributed by atoms with van der Waals surface area (Å²) in [5, 5.41) is 0. The van der Waals surface area contributed by atoms with Crippen molar-refractivity contribution in [1.29, 1.82) is 0 Å². The monoisotopic (exact) mass is 349 g/mol. The molecule has 2 aromatic carbocycles. The fraction of sp³-hybridized carbons (Fsp3) is 0.235. The summed E-state index contributed by atoms with van der Waals surface area (Å²) in [5.74, 6) is 0.106. The first-order valence-electron chi connectivity index (χ1n) is 7.22. The van der Waals surface area contributed by atoms with E-state index in [9.17, 15) is 13.2 Å². The number of benzene rings is 2. The summed E-state index contributed by atoms with van der Waals surface area (Å²) < 4.78 is 37.3. The lowest BCUT2D eigenvalue weighted by Crippen LogP contribution is -2.27. The van der Waals surface area contributed by atoms with Gasteiger partial charge in [0.15, 0.2) is 0 Å². The fourth-order valence-electron chi connectivity index (χ4n) is 2.17. The Morgan fingerprint density at radius 1 is 1.08 bits per heavy atom. The second-order valence-corrected chi connectivity index (χ2v) is 6.85. The lowest BCUT2D eigenvalue weighted by Gasteiger charge is -2.15. The minimum atomic E-state index is -3.78. The molecule has 7 heteroatoms. The minimum absolute atomic E-state index is 0.00533. The molecule has 0 aromatic heterocycles. The predicted octanol–water partition coefficient (Wildman–Crippen LogP) is 2.52. The van der Waals surface area contributed by atoms with Crippen molar-refractivity contribution in [2.45, 2.75) is 17.9 Å². The Morgan fingerprint density at radius 3 is 2.33 bits per heavy atom. The molecule has 0 saturated carbocycles. The number of rotatable bonds is 6. The molecule has 6 nitrogen and oxygen atoms in total. The van der Waals surface area contributed by atoms with Crippen molar-refractivity contribution in [3.8, 4) is 5.75 Å². The topological polar surface area (TPSA) is 81.7 Å². The molecular formula is C17H19NO5S. The van der Waals surface area contributed by atoms with Gasteiger partial charge in [0, 0.05) is 6.04 Å². The molecule has 0 amide bonds. The Morgan fingerprint density at radius 2 is 1.75 bits per heavy atom. The van der Waals surface area contributed by atoms with E-state index in [2.05, 4.69) is 9.46 Å². The van der Waals surface area contributed by atoms with E-state index >= 15 is 0 Å². The quantitative estimate of drug-likeness (QED) is 0.811. The van der Waals surface area contributed by atoms with Crippen LogP contribution in [0.1, 0.15) is 28.9 Å². The standard InChI is InChI=1S/C17H19NO5S/c1-12(13-7-9-15(22-2)10-8-13)18-24(20,21)16-6-4-5-14(11-16)17(19)23-3/h4-12,18H,1-3H3/t12-/m1/s1. The molecular weight excluding hydrogens is 330 g/mol. The molecule has 0 bridgehead atoms.